The number of halogens is 2. The zero-order valence-corrected chi connectivity index (χ0v) is 13.2. The molecule has 3 N–H and O–H groups in total. The number of amides is 2. The fraction of sp³-hybridized carbons (Fsp3) is 0.429. The molecule has 0 aromatic heterocycles. The van der Waals surface area contributed by atoms with Crippen LogP contribution >= 0.6 is 23.2 Å². The third-order valence-electron chi connectivity index (χ3n) is 3.94. The van der Waals surface area contributed by atoms with Crippen LogP contribution in [0.2, 0.25) is 10.0 Å². The summed E-state index contributed by atoms with van der Waals surface area (Å²) < 4.78 is 5.47. The third-order valence-corrected chi connectivity index (χ3v) is 4.56. The number of hydrogen-bond donors (Lipinski definition) is 2. The summed E-state index contributed by atoms with van der Waals surface area (Å²) in [6.45, 7) is 1.03. The van der Waals surface area contributed by atoms with E-state index in [0.29, 0.717) is 25.1 Å². The Morgan fingerprint density at radius 3 is 2.73 bits per heavy atom. The number of nitrogens with zero attached hydrogens (tertiary/aromatic N) is 1. The Morgan fingerprint density at radius 1 is 1.36 bits per heavy atom. The van der Waals surface area contributed by atoms with Crippen LogP contribution in [0.4, 0.5) is 5.69 Å². The Hall–Kier alpha value is -1.50. The molecule has 22 heavy (non-hydrogen) atoms. The molecule has 0 radical (unpaired) electrons. The molecule has 1 aromatic carbocycles. The predicted octanol–water partition coefficient (Wildman–Crippen LogP) is 1.31. The van der Waals surface area contributed by atoms with Crippen LogP contribution in [-0.2, 0) is 9.53 Å². The van der Waals surface area contributed by atoms with E-state index in [4.69, 9.17) is 33.7 Å². The molecule has 2 saturated heterocycles. The Bertz CT molecular complexity index is 615. The Balaban J connectivity index is 1.77. The van der Waals surface area contributed by atoms with E-state index in [1.807, 2.05) is 0 Å². The molecule has 0 saturated carbocycles. The van der Waals surface area contributed by atoms with Crippen molar-refractivity contribution in [2.24, 2.45) is 0 Å². The first kappa shape index (κ1) is 15.4. The van der Waals surface area contributed by atoms with Gasteiger partial charge < -0.3 is 20.7 Å². The topological polar surface area (TPSA) is 84.7 Å². The maximum atomic E-state index is 12.6. The number of carbonyl (C=O) groups is 2. The van der Waals surface area contributed by atoms with Gasteiger partial charge in [-0.2, -0.15) is 0 Å². The molecule has 2 heterocycles. The van der Waals surface area contributed by atoms with Crippen LogP contribution in [0.3, 0.4) is 0 Å². The molecule has 8 heteroatoms. The molecule has 0 unspecified atom stereocenters. The second-order valence-electron chi connectivity index (χ2n) is 5.42. The van der Waals surface area contributed by atoms with Crippen molar-refractivity contribution in [3.8, 4) is 0 Å². The van der Waals surface area contributed by atoms with E-state index in [9.17, 15) is 9.59 Å². The number of benzene rings is 1. The maximum absolute atomic E-state index is 12.6. The first-order chi connectivity index (χ1) is 10.5. The number of anilines is 1. The number of carbonyl (C=O) groups excluding carboxylic acids is 2. The second-order valence-corrected chi connectivity index (χ2v) is 6.23. The zero-order chi connectivity index (χ0) is 15.9. The SMILES string of the molecule is Nc1c(Cl)cc(C(=O)N2CC[C@@H]3OCC(=O)N[C@H]3C2)cc1Cl. The van der Waals surface area contributed by atoms with Crippen molar-refractivity contribution in [2.45, 2.75) is 18.6 Å². The van der Waals surface area contributed by atoms with Crippen molar-refractivity contribution < 1.29 is 14.3 Å². The molecule has 2 aliphatic rings. The van der Waals surface area contributed by atoms with E-state index in [1.165, 1.54) is 12.1 Å². The van der Waals surface area contributed by atoms with Gasteiger partial charge in [-0.3, -0.25) is 9.59 Å². The Morgan fingerprint density at radius 2 is 2.05 bits per heavy atom. The van der Waals surface area contributed by atoms with E-state index >= 15 is 0 Å². The minimum atomic E-state index is -0.193. The number of fused-ring (bicyclic) bond motifs is 1. The average molecular weight is 344 g/mol. The quantitative estimate of drug-likeness (QED) is 0.753. The zero-order valence-electron chi connectivity index (χ0n) is 11.6. The van der Waals surface area contributed by atoms with Crippen LogP contribution in [0.15, 0.2) is 12.1 Å². The maximum Gasteiger partial charge on any atom is 0.254 e. The number of nitrogens with two attached hydrogens (primary N) is 1. The molecule has 118 valence electrons. The molecule has 1 aromatic rings. The van der Waals surface area contributed by atoms with Crippen LogP contribution in [-0.4, -0.2) is 48.6 Å². The van der Waals surface area contributed by atoms with Crippen LogP contribution in [0.25, 0.3) is 0 Å². The molecular weight excluding hydrogens is 329 g/mol. The summed E-state index contributed by atoms with van der Waals surface area (Å²) >= 11 is 11.9. The van der Waals surface area contributed by atoms with Gasteiger partial charge in [-0.05, 0) is 18.6 Å². The highest BCUT2D eigenvalue weighted by atomic mass is 35.5. The number of nitrogen functional groups attached to an aromatic ring is 1. The lowest BCUT2D eigenvalue weighted by atomic mass is 9.99. The van der Waals surface area contributed by atoms with Crippen molar-refractivity contribution in [3.63, 3.8) is 0 Å². The summed E-state index contributed by atoms with van der Waals surface area (Å²) in [6.07, 6.45) is 0.632. The van der Waals surface area contributed by atoms with Gasteiger partial charge in [0, 0.05) is 18.7 Å². The average Bonchev–Trinajstić information content (AvgIpc) is 2.50. The first-order valence-corrected chi connectivity index (χ1v) is 7.66. The van der Waals surface area contributed by atoms with Gasteiger partial charge in [-0.1, -0.05) is 23.2 Å². The Kier molecular flexibility index (Phi) is 4.16. The highest BCUT2D eigenvalue weighted by Gasteiger charge is 2.36. The molecule has 2 aliphatic heterocycles. The first-order valence-electron chi connectivity index (χ1n) is 6.90. The van der Waals surface area contributed by atoms with E-state index in [0.717, 1.165) is 0 Å². The summed E-state index contributed by atoms with van der Waals surface area (Å²) in [5.41, 5.74) is 6.32. The predicted molar refractivity (Wildman–Crippen MR) is 83.1 cm³/mol. The van der Waals surface area contributed by atoms with Crippen LogP contribution < -0.4 is 11.1 Å². The molecule has 2 fully saturated rings. The Labute approximate surface area is 137 Å². The van der Waals surface area contributed by atoms with Gasteiger partial charge in [0.05, 0.1) is 27.9 Å². The summed E-state index contributed by atoms with van der Waals surface area (Å²) in [5, 5.41) is 3.36. The van der Waals surface area contributed by atoms with Crippen LogP contribution in [0, 0.1) is 0 Å². The summed E-state index contributed by atoms with van der Waals surface area (Å²) in [4.78, 5) is 25.6. The van der Waals surface area contributed by atoms with Crippen molar-refractivity contribution >= 4 is 40.7 Å². The highest BCUT2D eigenvalue weighted by Crippen LogP contribution is 2.30. The number of hydrogen-bond acceptors (Lipinski definition) is 4. The van der Waals surface area contributed by atoms with E-state index in [-0.39, 0.29) is 46.3 Å². The molecule has 2 amide bonds. The van der Waals surface area contributed by atoms with Crippen LogP contribution in [0.5, 0.6) is 0 Å². The van der Waals surface area contributed by atoms with Crippen molar-refractivity contribution in [1.29, 1.82) is 0 Å². The lowest BCUT2D eigenvalue weighted by molar-refractivity contribution is -0.139. The van der Waals surface area contributed by atoms with Crippen LogP contribution in [0.1, 0.15) is 16.8 Å². The number of piperidine rings is 1. The monoisotopic (exact) mass is 343 g/mol. The summed E-state index contributed by atoms with van der Waals surface area (Å²) in [7, 11) is 0. The number of likely N-dealkylation sites (tertiary alicyclic amines) is 1. The number of morpholine rings is 1. The lowest BCUT2D eigenvalue weighted by Gasteiger charge is -2.41. The number of rotatable bonds is 1. The molecule has 3 rings (SSSR count). The highest BCUT2D eigenvalue weighted by molar-refractivity contribution is 6.39. The smallest absolute Gasteiger partial charge is 0.254 e. The van der Waals surface area contributed by atoms with E-state index < -0.39 is 0 Å². The van der Waals surface area contributed by atoms with E-state index in [1.54, 1.807) is 4.90 Å². The van der Waals surface area contributed by atoms with Gasteiger partial charge in [-0.25, -0.2) is 0 Å². The van der Waals surface area contributed by atoms with Gasteiger partial charge in [0.25, 0.3) is 5.91 Å². The number of nitrogens with one attached hydrogen (secondary N) is 1. The van der Waals surface area contributed by atoms with Gasteiger partial charge in [0.2, 0.25) is 5.91 Å². The normalized spacial score (nSPS) is 24.6. The van der Waals surface area contributed by atoms with E-state index in [2.05, 4.69) is 5.32 Å². The fourth-order valence-electron chi connectivity index (χ4n) is 2.77. The van der Waals surface area contributed by atoms with Gasteiger partial charge in [0.1, 0.15) is 6.61 Å². The second kappa shape index (κ2) is 5.95. The van der Waals surface area contributed by atoms with Gasteiger partial charge >= 0.3 is 0 Å². The molecular formula is C14H15Cl2N3O3. The van der Waals surface area contributed by atoms with Crippen molar-refractivity contribution in [2.75, 3.05) is 25.4 Å². The summed E-state index contributed by atoms with van der Waals surface area (Å²) in [5.74, 6) is -0.351. The molecule has 0 spiro atoms. The molecule has 2 atom stereocenters. The minimum Gasteiger partial charge on any atom is -0.396 e. The lowest BCUT2D eigenvalue weighted by Crippen LogP contribution is -2.61. The number of ether oxygens (including phenoxy) is 1. The molecule has 6 nitrogen and oxygen atoms in total. The summed E-state index contributed by atoms with van der Waals surface area (Å²) in [6, 6.07) is 2.83. The largest absolute Gasteiger partial charge is 0.396 e. The molecule has 0 aliphatic carbocycles. The van der Waals surface area contributed by atoms with Gasteiger partial charge in [0.15, 0.2) is 0 Å². The minimum absolute atomic E-state index is 0.0413. The van der Waals surface area contributed by atoms with Gasteiger partial charge in [-0.15, -0.1) is 0 Å². The third kappa shape index (κ3) is 2.86. The van der Waals surface area contributed by atoms with Crippen molar-refractivity contribution in [3.05, 3.63) is 27.7 Å². The fourth-order valence-corrected chi connectivity index (χ4v) is 3.26. The van der Waals surface area contributed by atoms with Crippen molar-refractivity contribution in [1.82, 2.24) is 10.2 Å². The standard InChI is InChI=1S/C14H15Cl2N3O3/c15-8-3-7(4-9(16)13(8)17)14(21)19-2-1-11-10(5-19)18-12(20)6-22-11/h3-4,10-11H,1-2,5-6,17H2,(H,18,20)/t10-,11-/m0/s1. The molecule has 0 bridgehead atoms.